The first kappa shape index (κ1) is 29.7. The van der Waals surface area contributed by atoms with E-state index in [1.165, 1.54) is 109 Å². The maximum atomic E-state index is 2.41. The fourth-order valence-electron chi connectivity index (χ4n) is 4.23. The lowest BCUT2D eigenvalue weighted by atomic mass is 9.99. The van der Waals surface area contributed by atoms with Crippen molar-refractivity contribution in [3.05, 3.63) is 0 Å². The molecule has 0 N–H and O–H groups in total. The van der Waals surface area contributed by atoms with Gasteiger partial charge in [0.1, 0.15) is 0 Å². The second-order valence-electron chi connectivity index (χ2n) is 9.62. The van der Waals surface area contributed by atoms with Crippen molar-refractivity contribution < 1.29 is 0 Å². The molecule has 0 aromatic rings. The summed E-state index contributed by atoms with van der Waals surface area (Å²) in [6.07, 6.45) is 29.2. The van der Waals surface area contributed by atoms with Crippen molar-refractivity contribution in [2.45, 2.75) is 147 Å². The Morgan fingerprint density at radius 2 is 0.724 bits per heavy atom. The largest absolute Gasteiger partial charge is 0.161 e. The number of thioether (sulfide) groups is 2. The second kappa shape index (κ2) is 21.9. The van der Waals surface area contributed by atoms with Gasteiger partial charge in [0.25, 0.3) is 0 Å². The molecule has 0 aliphatic heterocycles. The molecule has 0 bridgehead atoms. The van der Waals surface area contributed by atoms with Gasteiger partial charge in [0, 0.05) is 10.5 Å². The van der Waals surface area contributed by atoms with Gasteiger partial charge in [-0.15, -0.1) is 0 Å². The zero-order valence-electron chi connectivity index (χ0n) is 21.1. The minimum absolute atomic E-state index is 0.874. The molecule has 0 rings (SSSR count). The van der Waals surface area contributed by atoms with Crippen LogP contribution in [0.5, 0.6) is 0 Å². The van der Waals surface area contributed by atoms with Gasteiger partial charge in [0.15, 0.2) is 0 Å². The van der Waals surface area contributed by atoms with E-state index in [1.807, 2.05) is 0 Å². The van der Waals surface area contributed by atoms with Gasteiger partial charge in [0.05, 0.1) is 0 Å². The van der Waals surface area contributed by atoms with Gasteiger partial charge in [-0.05, 0) is 37.2 Å². The number of rotatable bonds is 22. The summed E-state index contributed by atoms with van der Waals surface area (Å²) in [4.78, 5) is 0. The molecule has 0 nitrogen and oxygen atoms in total. The molecule has 0 aliphatic rings. The Morgan fingerprint density at radius 1 is 0.448 bits per heavy atom. The maximum absolute atomic E-state index is 2.41. The Morgan fingerprint density at radius 3 is 1.03 bits per heavy atom. The summed E-state index contributed by atoms with van der Waals surface area (Å²) in [7, 11) is 0. The van der Waals surface area contributed by atoms with Gasteiger partial charge < -0.3 is 0 Å². The van der Waals surface area contributed by atoms with Crippen molar-refractivity contribution in [1.29, 1.82) is 0 Å². The molecule has 0 fully saturated rings. The molecule has 0 amide bonds. The average Bonchev–Trinajstić information content (AvgIpc) is 2.74. The normalized spacial score (nSPS) is 15.9. The highest BCUT2D eigenvalue weighted by Gasteiger charge is 2.19. The molecule has 2 heteroatoms. The molecule has 4 atom stereocenters. The Hall–Kier alpha value is 0.700. The second-order valence-corrected chi connectivity index (χ2v) is 11.8. The van der Waals surface area contributed by atoms with Crippen molar-refractivity contribution in [3.63, 3.8) is 0 Å². The zero-order valence-corrected chi connectivity index (χ0v) is 22.8. The Kier molecular flexibility index (Phi) is 22.4. The zero-order chi connectivity index (χ0) is 21.7. The van der Waals surface area contributed by atoms with Gasteiger partial charge in [-0.2, -0.15) is 23.5 Å². The van der Waals surface area contributed by atoms with Crippen LogP contribution in [0.1, 0.15) is 137 Å². The van der Waals surface area contributed by atoms with Gasteiger partial charge >= 0.3 is 0 Å². The van der Waals surface area contributed by atoms with Crippen LogP contribution in [0.2, 0.25) is 0 Å². The van der Waals surface area contributed by atoms with E-state index in [0.29, 0.717) is 0 Å². The van der Waals surface area contributed by atoms with Crippen molar-refractivity contribution >= 4 is 23.5 Å². The van der Waals surface area contributed by atoms with Gasteiger partial charge in [-0.25, -0.2) is 0 Å². The van der Waals surface area contributed by atoms with Crippen molar-refractivity contribution in [3.8, 4) is 0 Å². The minimum atomic E-state index is 0.874. The first-order valence-electron chi connectivity index (χ1n) is 13.1. The maximum Gasteiger partial charge on any atom is 0.0163 e. The first-order valence-corrected chi connectivity index (χ1v) is 15.7. The third kappa shape index (κ3) is 18.0. The lowest BCUT2D eigenvalue weighted by Gasteiger charge is -2.24. The predicted octanol–water partition coefficient (Wildman–Crippen LogP) is 10.4. The average molecular weight is 445 g/mol. The molecule has 0 aromatic heterocycles. The third-order valence-corrected chi connectivity index (χ3v) is 9.55. The number of hydrogen-bond acceptors (Lipinski definition) is 2. The fraction of sp³-hybridized carbons (Fsp3) is 1.00. The summed E-state index contributed by atoms with van der Waals surface area (Å²) in [5, 5.41) is 1.75. The van der Waals surface area contributed by atoms with E-state index in [0.717, 1.165) is 22.3 Å². The minimum Gasteiger partial charge on any atom is -0.161 e. The molecule has 0 spiro atoms. The van der Waals surface area contributed by atoms with Crippen molar-refractivity contribution in [1.82, 2.24) is 0 Å². The summed E-state index contributed by atoms with van der Waals surface area (Å²) >= 11 is 4.27. The van der Waals surface area contributed by atoms with Crippen LogP contribution in [0.15, 0.2) is 0 Å². The molecule has 0 radical (unpaired) electrons. The highest BCUT2D eigenvalue weighted by Crippen LogP contribution is 2.30. The molecule has 0 saturated heterocycles. The molecule has 0 aliphatic carbocycles. The van der Waals surface area contributed by atoms with Crippen LogP contribution in [-0.2, 0) is 0 Å². The standard InChI is InChI=1S/C27H56S2/c1-7-24(3)20-16-13-11-9-10-12-14-18-22-26(28-5)27(29-6)23-19-15-17-21-25(4)8-2/h24-27H,7-23H2,1-6H3. The van der Waals surface area contributed by atoms with E-state index in [2.05, 4.69) is 63.7 Å². The Bertz CT molecular complexity index is 318. The van der Waals surface area contributed by atoms with Crippen LogP contribution >= 0.6 is 23.5 Å². The van der Waals surface area contributed by atoms with E-state index in [9.17, 15) is 0 Å². The molecule has 0 saturated carbocycles. The molecule has 0 heterocycles. The van der Waals surface area contributed by atoms with Crippen molar-refractivity contribution in [2.75, 3.05) is 12.5 Å². The van der Waals surface area contributed by atoms with Crippen LogP contribution in [0.25, 0.3) is 0 Å². The quantitative estimate of drug-likeness (QED) is 0.152. The first-order chi connectivity index (χ1) is 14.1. The van der Waals surface area contributed by atoms with E-state index >= 15 is 0 Å². The van der Waals surface area contributed by atoms with Crippen LogP contribution in [0, 0.1) is 11.8 Å². The lowest BCUT2D eigenvalue weighted by molar-refractivity contribution is 0.467. The van der Waals surface area contributed by atoms with E-state index in [4.69, 9.17) is 0 Å². The van der Waals surface area contributed by atoms with Gasteiger partial charge in [0.2, 0.25) is 0 Å². The van der Waals surface area contributed by atoms with E-state index < -0.39 is 0 Å². The summed E-state index contributed by atoms with van der Waals surface area (Å²) < 4.78 is 0. The SMILES string of the molecule is CCC(C)CCCCCCCCCCC(SC)C(CCCCCC(C)CC)SC. The topological polar surface area (TPSA) is 0 Å². The van der Waals surface area contributed by atoms with Crippen LogP contribution in [-0.4, -0.2) is 23.0 Å². The fourth-order valence-corrected chi connectivity index (χ4v) is 6.58. The molecule has 29 heavy (non-hydrogen) atoms. The van der Waals surface area contributed by atoms with Crippen LogP contribution < -0.4 is 0 Å². The van der Waals surface area contributed by atoms with Crippen molar-refractivity contribution in [2.24, 2.45) is 11.8 Å². The monoisotopic (exact) mass is 444 g/mol. The third-order valence-electron chi connectivity index (χ3n) is 7.04. The van der Waals surface area contributed by atoms with E-state index in [1.54, 1.807) is 0 Å². The number of hydrogen-bond donors (Lipinski definition) is 0. The highest BCUT2D eigenvalue weighted by molar-refractivity contribution is 8.03. The van der Waals surface area contributed by atoms with Gasteiger partial charge in [-0.3, -0.25) is 0 Å². The number of unbranched alkanes of at least 4 members (excludes halogenated alkanes) is 9. The molecule has 4 unspecified atom stereocenters. The van der Waals surface area contributed by atoms with Crippen LogP contribution in [0.3, 0.4) is 0 Å². The molecular weight excluding hydrogens is 388 g/mol. The Balaban J connectivity index is 3.68. The highest BCUT2D eigenvalue weighted by atomic mass is 32.2. The smallest absolute Gasteiger partial charge is 0.0163 e. The van der Waals surface area contributed by atoms with Gasteiger partial charge in [-0.1, -0.05) is 124 Å². The summed E-state index contributed by atoms with van der Waals surface area (Å²) in [5.74, 6) is 1.87. The molecule has 0 aromatic carbocycles. The predicted molar refractivity (Wildman–Crippen MR) is 143 cm³/mol. The molecular formula is C27H56S2. The summed E-state index contributed by atoms with van der Waals surface area (Å²) in [6, 6.07) is 0. The summed E-state index contributed by atoms with van der Waals surface area (Å²) in [6.45, 7) is 9.45. The summed E-state index contributed by atoms with van der Waals surface area (Å²) in [5.41, 5.74) is 0. The van der Waals surface area contributed by atoms with Crippen LogP contribution in [0.4, 0.5) is 0 Å². The molecule has 176 valence electrons. The Labute approximate surface area is 194 Å². The lowest BCUT2D eigenvalue weighted by Crippen LogP contribution is -2.19. The van der Waals surface area contributed by atoms with E-state index in [-0.39, 0.29) is 0 Å².